The summed E-state index contributed by atoms with van der Waals surface area (Å²) in [7, 11) is 0. The van der Waals surface area contributed by atoms with Crippen LogP contribution in [0.15, 0.2) is 48.7 Å². The van der Waals surface area contributed by atoms with Crippen LogP contribution in [-0.2, 0) is 0 Å². The lowest BCUT2D eigenvalue weighted by Gasteiger charge is -2.14. The summed E-state index contributed by atoms with van der Waals surface area (Å²) in [5.41, 5.74) is 7.07. The molecule has 1 fully saturated rings. The number of carbonyl (C=O) groups excluding carboxylic acids is 1. The Morgan fingerprint density at radius 2 is 1.95 bits per heavy atom. The van der Waals surface area contributed by atoms with Gasteiger partial charge in [-0.25, -0.2) is 4.98 Å². The standard InChI is InChI=1S/C17H19N3O/c18-17(21)14-7-9-16(19-11-14)20-15-8-6-13(10-15)12-4-2-1-3-5-12/h1-5,7,9,11,13,15H,6,8,10H2,(H2,18,21)(H,19,20)/t13-,15+/m0/s1. The van der Waals surface area contributed by atoms with E-state index >= 15 is 0 Å². The fraction of sp³-hybridized carbons (Fsp3) is 0.294. The van der Waals surface area contributed by atoms with Crippen LogP contribution in [0.1, 0.15) is 41.1 Å². The molecule has 1 aromatic heterocycles. The van der Waals surface area contributed by atoms with Crippen molar-refractivity contribution >= 4 is 11.7 Å². The number of aromatic nitrogens is 1. The van der Waals surface area contributed by atoms with Crippen LogP contribution < -0.4 is 11.1 Å². The average Bonchev–Trinajstić information content (AvgIpc) is 2.97. The molecule has 4 nitrogen and oxygen atoms in total. The van der Waals surface area contributed by atoms with Crippen LogP contribution in [0, 0.1) is 0 Å². The Balaban J connectivity index is 1.61. The van der Waals surface area contributed by atoms with Crippen molar-refractivity contribution in [2.75, 3.05) is 5.32 Å². The van der Waals surface area contributed by atoms with E-state index in [0.29, 0.717) is 17.5 Å². The Kier molecular flexibility index (Phi) is 3.86. The predicted octanol–water partition coefficient (Wildman–Crippen LogP) is 2.93. The Morgan fingerprint density at radius 1 is 1.14 bits per heavy atom. The zero-order valence-electron chi connectivity index (χ0n) is 11.8. The van der Waals surface area contributed by atoms with Crippen LogP contribution >= 0.6 is 0 Å². The molecule has 4 heteroatoms. The first kappa shape index (κ1) is 13.6. The maximum atomic E-state index is 11.0. The van der Waals surface area contributed by atoms with Gasteiger partial charge >= 0.3 is 0 Å². The molecule has 1 aromatic carbocycles. The van der Waals surface area contributed by atoms with Crippen LogP contribution in [0.3, 0.4) is 0 Å². The first-order valence-electron chi connectivity index (χ1n) is 7.29. The number of benzene rings is 1. The van der Waals surface area contributed by atoms with Gasteiger partial charge in [-0.15, -0.1) is 0 Å². The number of primary amides is 1. The van der Waals surface area contributed by atoms with E-state index in [0.717, 1.165) is 18.7 Å². The molecule has 0 unspecified atom stereocenters. The maximum Gasteiger partial charge on any atom is 0.250 e. The Hall–Kier alpha value is -2.36. The molecule has 21 heavy (non-hydrogen) atoms. The zero-order chi connectivity index (χ0) is 14.7. The van der Waals surface area contributed by atoms with E-state index in [-0.39, 0.29) is 0 Å². The monoisotopic (exact) mass is 281 g/mol. The van der Waals surface area contributed by atoms with E-state index in [1.165, 1.54) is 18.2 Å². The highest BCUT2D eigenvalue weighted by Crippen LogP contribution is 2.35. The second-order valence-electron chi connectivity index (χ2n) is 5.56. The van der Waals surface area contributed by atoms with Crippen molar-refractivity contribution in [3.8, 4) is 0 Å². The quantitative estimate of drug-likeness (QED) is 0.905. The van der Waals surface area contributed by atoms with Gasteiger partial charge in [-0.05, 0) is 42.9 Å². The lowest BCUT2D eigenvalue weighted by Crippen LogP contribution is -2.17. The summed E-state index contributed by atoms with van der Waals surface area (Å²) in [6, 6.07) is 14.6. The lowest BCUT2D eigenvalue weighted by molar-refractivity contribution is 0.1000. The van der Waals surface area contributed by atoms with E-state index in [1.54, 1.807) is 6.07 Å². The van der Waals surface area contributed by atoms with Crippen molar-refractivity contribution < 1.29 is 4.79 Å². The smallest absolute Gasteiger partial charge is 0.250 e. The van der Waals surface area contributed by atoms with E-state index in [9.17, 15) is 4.79 Å². The molecule has 0 bridgehead atoms. The fourth-order valence-electron chi connectivity index (χ4n) is 2.97. The van der Waals surface area contributed by atoms with E-state index in [2.05, 4.69) is 40.6 Å². The maximum absolute atomic E-state index is 11.0. The third-order valence-electron chi connectivity index (χ3n) is 4.10. The summed E-state index contributed by atoms with van der Waals surface area (Å²) in [6.07, 6.45) is 4.97. The average molecular weight is 281 g/mol. The number of nitrogens with one attached hydrogen (secondary N) is 1. The van der Waals surface area contributed by atoms with Gasteiger partial charge in [-0.1, -0.05) is 30.3 Å². The molecule has 1 amide bonds. The first-order chi connectivity index (χ1) is 10.2. The highest BCUT2D eigenvalue weighted by molar-refractivity contribution is 5.92. The van der Waals surface area contributed by atoms with Gasteiger partial charge in [0, 0.05) is 12.2 Å². The van der Waals surface area contributed by atoms with Crippen molar-refractivity contribution in [2.24, 2.45) is 5.73 Å². The highest BCUT2D eigenvalue weighted by Gasteiger charge is 2.25. The lowest BCUT2D eigenvalue weighted by atomic mass is 9.98. The molecule has 3 rings (SSSR count). The van der Waals surface area contributed by atoms with Crippen molar-refractivity contribution in [1.82, 2.24) is 4.98 Å². The third-order valence-corrected chi connectivity index (χ3v) is 4.10. The minimum Gasteiger partial charge on any atom is -0.367 e. The summed E-state index contributed by atoms with van der Waals surface area (Å²) in [6.45, 7) is 0. The van der Waals surface area contributed by atoms with Crippen molar-refractivity contribution in [3.05, 3.63) is 59.8 Å². The first-order valence-corrected chi connectivity index (χ1v) is 7.29. The van der Waals surface area contributed by atoms with Gasteiger partial charge in [-0.3, -0.25) is 4.79 Å². The molecule has 0 aliphatic heterocycles. The molecule has 3 N–H and O–H groups in total. The molecule has 1 heterocycles. The molecule has 0 saturated heterocycles. The molecule has 2 atom stereocenters. The number of anilines is 1. The molecule has 0 spiro atoms. The van der Waals surface area contributed by atoms with Crippen molar-refractivity contribution in [1.29, 1.82) is 0 Å². The van der Waals surface area contributed by atoms with Gasteiger partial charge < -0.3 is 11.1 Å². The molecular formula is C17H19N3O. The molecule has 1 aliphatic carbocycles. The van der Waals surface area contributed by atoms with E-state index in [4.69, 9.17) is 5.73 Å². The van der Waals surface area contributed by atoms with Crippen LogP contribution in [0.25, 0.3) is 0 Å². The van der Waals surface area contributed by atoms with Gasteiger partial charge in [0.15, 0.2) is 0 Å². The van der Waals surface area contributed by atoms with Gasteiger partial charge in [0.05, 0.1) is 5.56 Å². The fourth-order valence-corrected chi connectivity index (χ4v) is 2.97. The van der Waals surface area contributed by atoms with E-state index in [1.807, 2.05) is 6.07 Å². The van der Waals surface area contributed by atoms with Crippen molar-refractivity contribution in [2.45, 2.75) is 31.2 Å². The molecule has 1 aliphatic rings. The third kappa shape index (κ3) is 3.21. The normalized spacial score (nSPS) is 21.1. The van der Waals surface area contributed by atoms with Gasteiger partial charge in [0.2, 0.25) is 5.91 Å². The summed E-state index contributed by atoms with van der Waals surface area (Å²) in [5, 5.41) is 3.44. The van der Waals surface area contributed by atoms with Gasteiger partial charge in [0.1, 0.15) is 5.82 Å². The second kappa shape index (κ2) is 5.95. The Bertz CT molecular complexity index is 610. The van der Waals surface area contributed by atoms with Crippen LogP contribution in [-0.4, -0.2) is 16.9 Å². The van der Waals surface area contributed by atoms with Crippen LogP contribution in [0.2, 0.25) is 0 Å². The van der Waals surface area contributed by atoms with E-state index < -0.39 is 5.91 Å². The van der Waals surface area contributed by atoms with Gasteiger partial charge in [-0.2, -0.15) is 0 Å². The number of nitrogens with two attached hydrogens (primary N) is 1. The molecule has 0 radical (unpaired) electrons. The number of carbonyl (C=O) groups is 1. The molecular weight excluding hydrogens is 262 g/mol. The topological polar surface area (TPSA) is 68.0 Å². The number of amides is 1. The summed E-state index contributed by atoms with van der Waals surface area (Å²) >= 11 is 0. The number of rotatable bonds is 4. The molecule has 2 aromatic rings. The number of nitrogens with zero attached hydrogens (tertiary/aromatic N) is 1. The summed E-state index contributed by atoms with van der Waals surface area (Å²) in [4.78, 5) is 15.3. The van der Waals surface area contributed by atoms with Crippen LogP contribution in [0.4, 0.5) is 5.82 Å². The molecule has 108 valence electrons. The molecule has 1 saturated carbocycles. The number of hydrogen-bond acceptors (Lipinski definition) is 3. The van der Waals surface area contributed by atoms with Gasteiger partial charge in [0.25, 0.3) is 0 Å². The zero-order valence-corrected chi connectivity index (χ0v) is 11.8. The number of hydrogen-bond donors (Lipinski definition) is 2. The Labute approximate surface area is 124 Å². The van der Waals surface area contributed by atoms with Crippen LogP contribution in [0.5, 0.6) is 0 Å². The largest absolute Gasteiger partial charge is 0.367 e. The number of pyridine rings is 1. The highest BCUT2D eigenvalue weighted by atomic mass is 16.1. The van der Waals surface area contributed by atoms with Crippen molar-refractivity contribution in [3.63, 3.8) is 0 Å². The second-order valence-corrected chi connectivity index (χ2v) is 5.56. The predicted molar refractivity (Wildman–Crippen MR) is 83.2 cm³/mol. The SMILES string of the molecule is NC(=O)c1ccc(N[C@@H]2CC[C@H](c3ccccc3)C2)nc1. The minimum atomic E-state index is -0.445. The summed E-state index contributed by atoms with van der Waals surface area (Å²) < 4.78 is 0. The Morgan fingerprint density at radius 3 is 2.62 bits per heavy atom. The minimum absolute atomic E-state index is 0.433. The summed E-state index contributed by atoms with van der Waals surface area (Å²) in [5.74, 6) is 0.978.